The highest BCUT2D eigenvalue weighted by molar-refractivity contribution is 4.61. The Morgan fingerprint density at radius 1 is 0.944 bits per heavy atom. The molecule has 0 aromatic rings. The zero-order valence-electron chi connectivity index (χ0n) is 12.7. The Morgan fingerprint density at radius 3 is 2.22 bits per heavy atom. The van der Waals surface area contributed by atoms with Gasteiger partial charge >= 0.3 is 0 Å². The number of rotatable bonds is 13. The topological polar surface area (TPSA) is 44.5 Å². The molecule has 0 atom stereocenters. The summed E-state index contributed by atoms with van der Waals surface area (Å²) >= 11 is 0. The molecule has 0 aromatic carbocycles. The average Bonchev–Trinajstić information content (AvgIpc) is 2.36. The SMILES string of the molecule is CCCN(C)CCCN(CCCN)CCCNC. The van der Waals surface area contributed by atoms with Crippen molar-refractivity contribution in [3.05, 3.63) is 0 Å². The van der Waals surface area contributed by atoms with Crippen LogP contribution in [-0.2, 0) is 0 Å². The van der Waals surface area contributed by atoms with Crippen LogP contribution < -0.4 is 11.1 Å². The minimum Gasteiger partial charge on any atom is -0.330 e. The number of hydrogen-bond acceptors (Lipinski definition) is 4. The molecule has 0 fully saturated rings. The van der Waals surface area contributed by atoms with Gasteiger partial charge in [-0.1, -0.05) is 6.92 Å². The number of nitrogens with two attached hydrogens (primary N) is 1. The second-order valence-corrected chi connectivity index (χ2v) is 5.10. The summed E-state index contributed by atoms with van der Waals surface area (Å²) in [6.45, 7) is 10.1. The highest BCUT2D eigenvalue weighted by atomic mass is 15.1. The van der Waals surface area contributed by atoms with Crippen LogP contribution in [0.4, 0.5) is 0 Å². The van der Waals surface area contributed by atoms with Gasteiger partial charge in [-0.3, -0.25) is 0 Å². The second kappa shape index (κ2) is 13.3. The Hall–Kier alpha value is -0.160. The lowest BCUT2D eigenvalue weighted by atomic mass is 10.3. The minimum atomic E-state index is 0.804. The minimum absolute atomic E-state index is 0.804. The Labute approximate surface area is 114 Å². The van der Waals surface area contributed by atoms with Crippen LogP contribution in [0.1, 0.15) is 32.6 Å². The van der Waals surface area contributed by atoms with E-state index in [1.807, 2.05) is 7.05 Å². The summed E-state index contributed by atoms with van der Waals surface area (Å²) in [5.74, 6) is 0. The molecular weight excluding hydrogens is 224 g/mol. The molecule has 0 bridgehead atoms. The van der Waals surface area contributed by atoms with Crippen LogP contribution in [0.5, 0.6) is 0 Å². The molecule has 0 saturated heterocycles. The van der Waals surface area contributed by atoms with E-state index in [4.69, 9.17) is 5.73 Å². The van der Waals surface area contributed by atoms with E-state index in [0.717, 1.165) is 26.1 Å². The molecule has 0 aliphatic carbocycles. The normalized spacial score (nSPS) is 11.7. The molecule has 0 aliphatic heterocycles. The zero-order valence-corrected chi connectivity index (χ0v) is 12.7. The Morgan fingerprint density at radius 2 is 1.61 bits per heavy atom. The van der Waals surface area contributed by atoms with E-state index in [0.29, 0.717) is 0 Å². The van der Waals surface area contributed by atoms with Gasteiger partial charge in [-0.15, -0.1) is 0 Å². The molecule has 3 N–H and O–H groups in total. The van der Waals surface area contributed by atoms with Gasteiger partial charge in [0.15, 0.2) is 0 Å². The standard InChI is InChI=1S/C14H34N4/c1-4-10-17(3)11-7-14-18(12-5-8-15)13-6-9-16-2/h16H,4-15H2,1-3H3. The quantitative estimate of drug-likeness (QED) is 0.483. The highest BCUT2D eigenvalue weighted by Gasteiger charge is 2.04. The maximum Gasteiger partial charge on any atom is -0.000653 e. The molecular formula is C14H34N4. The second-order valence-electron chi connectivity index (χ2n) is 5.10. The molecule has 18 heavy (non-hydrogen) atoms. The Kier molecular flexibility index (Phi) is 13.2. The monoisotopic (exact) mass is 258 g/mol. The molecule has 0 spiro atoms. The molecule has 0 aromatic heterocycles. The van der Waals surface area contributed by atoms with Crippen molar-refractivity contribution in [3.8, 4) is 0 Å². The highest BCUT2D eigenvalue weighted by Crippen LogP contribution is 1.98. The first-order valence-corrected chi connectivity index (χ1v) is 7.50. The Bertz CT molecular complexity index is 164. The molecule has 0 amide bonds. The molecule has 0 radical (unpaired) electrons. The van der Waals surface area contributed by atoms with Crippen LogP contribution in [-0.4, -0.2) is 69.7 Å². The van der Waals surface area contributed by atoms with Crippen molar-refractivity contribution >= 4 is 0 Å². The Balaban J connectivity index is 3.70. The fraction of sp³-hybridized carbons (Fsp3) is 1.00. The predicted molar refractivity (Wildman–Crippen MR) is 81.1 cm³/mol. The van der Waals surface area contributed by atoms with Crippen molar-refractivity contribution in [3.63, 3.8) is 0 Å². The molecule has 0 saturated carbocycles. The van der Waals surface area contributed by atoms with E-state index in [-0.39, 0.29) is 0 Å². The van der Waals surface area contributed by atoms with E-state index in [1.54, 1.807) is 0 Å². The van der Waals surface area contributed by atoms with Crippen LogP contribution >= 0.6 is 0 Å². The van der Waals surface area contributed by atoms with Crippen molar-refractivity contribution < 1.29 is 0 Å². The van der Waals surface area contributed by atoms with Gasteiger partial charge in [-0.05, 0) is 85.6 Å². The molecule has 110 valence electrons. The van der Waals surface area contributed by atoms with Crippen LogP contribution in [0.3, 0.4) is 0 Å². The summed E-state index contributed by atoms with van der Waals surface area (Å²) < 4.78 is 0. The summed E-state index contributed by atoms with van der Waals surface area (Å²) in [6.07, 6.45) is 4.85. The average molecular weight is 258 g/mol. The fourth-order valence-corrected chi connectivity index (χ4v) is 2.19. The van der Waals surface area contributed by atoms with Gasteiger partial charge in [0.2, 0.25) is 0 Å². The van der Waals surface area contributed by atoms with Gasteiger partial charge < -0.3 is 20.9 Å². The van der Waals surface area contributed by atoms with E-state index < -0.39 is 0 Å². The third-order valence-corrected chi connectivity index (χ3v) is 3.20. The van der Waals surface area contributed by atoms with Gasteiger partial charge in [-0.2, -0.15) is 0 Å². The van der Waals surface area contributed by atoms with E-state index >= 15 is 0 Å². The smallest absolute Gasteiger partial charge is 0.000653 e. The maximum atomic E-state index is 5.60. The van der Waals surface area contributed by atoms with Gasteiger partial charge in [0.05, 0.1) is 0 Å². The van der Waals surface area contributed by atoms with Crippen molar-refractivity contribution in [2.24, 2.45) is 5.73 Å². The number of nitrogens with one attached hydrogen (secondary N) is 1. The van der Waals surface area contributed by atoms with Crippen LogP contribution in [0.2, 0.25) is 0 Å². The van der Waals surface area contributed by atoms with Crippen LogP contribution in [0.15, 0.2) is 0 Å². The lowest BCUT2D eigenvalue weighted by Crippen LogP contribution is -2.32. The van der Waals surface area contributed by atoms with Crippen molar-refractivity contribution in [1.82, 2.24) is 15.1 Å². The summed E-state index contributed by atoms with van der Waals surface area (Å²) in [7, 11) is 4.23. The maximum absolute atomic E-state index is 5.60. The van der Waals surface area contributed by atoms with E-state index in [9.17, 15) is 0 Å². The first kappa shape index (κ1) is 17.8. The predicted octanol–water partition coefficient (Wildman–Crippen LogP) is 0.979. The van der Waals surface area contributed by atoms with E-state index in [2.05, 4.69) is 29.1 Å². The molecule has 4 heteroatoms. The fourth-order valence-electron chi connectivity index (χ4n) is 2.19. The molecule has 0 rings (SSSR count). The summed E-state index contributed by atoms with van der Waals surface area (Å²) in [4.78, 5) is 4.98. The van der Waals surface area contributed by atoms with E-state index in [1.165, 1.54) is 45.4 Å². The van der Waals surface area contributed by atoms with Gasteiger partial charge in [0.1, 0.15) is 0 Å². The van der Waals surface area contributed by atoms with Crippen molar-refractivity contribution in [1.29, 1.82) is 0 Å². The largest absolute Gasteiger partial charge is 0.330 e. The van der Waals surface area contributed by atoms with Crippen LogP contribution in [0, 0.1) is 0 Å². The molecule has 0 heterocycles. The number of nitrogens with zero attached hydrogens (tertiary/aromatic N) is 2. The lowest BCUT2D eigenvalue weighted by molar-refractivity contribution is 0.241. The third-order valence-electron chi connectivity index (χ3n) is 3.20. The first-order chi connectivity index (χ1) is 8.74. The van der Waals surface area contributed by atoms with Crippen molar-refractivity contribution in [2.75, 3.05) is 59.9 Å². The number of hydrogen-bond donors (Lipinski definition) is 2. The third kappa shape index (κ3) is 11.0. The summed E-state index contributed by atoms with van der Waals surface area (Å²) in [5, 5.41) is 3.21. The molecule has 0 aliphatic rings. The van der Waals surface area contributed by atoms with Gasteiger partial charge in [0.25, 0.3) is 0 Å². The lowest BCUT2D eigenvalue weighted by Gasteiger charge is -2.23. The molecule has 4 nitrogen and oxygen atoms in total. The van der Waals surface area contributed by atoms with Gasteiger partial charge in [-0.25, -0.2) is 0 Å². The zero-order chi connectivity index (χ0) is 13.6. The van der Waals surface area contributed by atoms with Crippen molar-refractivity contribution in [2.45, 2.75) is 32.6 Å². The van der Waals surface area contributed by atoms with Crippen LogP contribution in [0.25, 0.3) is 0 Å². The molecule has 0 unspecified atom stereocenters. The first-order valence-electron chi connectivity index (χ1n) is 7.50. The summed E-state index contributed by atoms with van der Waals surface area (Å²) in [5.41, 5.74) is 5.60. The summed E-state index contributed by atoms with van der Waals surface area (Å²) in [6, 6.07) is 0. The van der Waals surface area contributed by atoms with Gasteiger partial charge in [0, 0.05) is 0 Å².